The molecule has 0 bridgehead atoms. The smallest absolute Gasteiger partial charge is 0.328 e. The summed E-state index contributed by atoms with van der Waals surface area (Å²) in [6.07, 6.45) is -1.12. The van der Waals surface area contributed by atoms with Crippen molar-refractivity contribution in [1.29, 1.82) is 0 Å². The molecule has 0 aliphatic heterocycles. The van der Waals surface area contributed by atoms with E-state index in [1.54, 1.807) is 24.3 Å². The van der Waals surface area contributed by atoms with E-state index in [2.05, 4.69) is 10.6 Å². The molecule has 2 amide bonds. The van der Waals surface area contributed by atoms with Gasteiger partial charge in [-0.2, -0.15) is 0 Å². The Morgan fingerprint density at radius 2 is 1.68 bits per heavy atom. The van der Waals surface area contributed by atoms with Gasteiger partial charge in [0, 0.05) is 0 Å². The summed E-state index contributed by atoms with van der Waals surface area (Å²) in [5.74, 6) is -2.36. The van der Waals surface area contributed by atoms with Crippen molar-refractivity contribution in [1.82, 2.24) is 10.6 Å². The molecule has 0 aromatic heterocycles. The fourth-order valence-corrected chi connectivity index (χ4v) is 1.81. The van der Waals surface area contributed by atoms with E-state index in [4.69, 9.17) is 5.11 Å². The molecule has 0 aliphatic carbocycles. The number of carboxylic acid groups (broad SMARTS) is 1. The average molecular weight is 308 g/mol. The van der Waals surface area contributed by atoms with Gasteiger partial charge in [0.05, 0.1) is 12.5 Å². The van der Waals surface area contributed by atoms with Gasteiger partial charge in [-0.1, -0.05) is 30.3 Å². The molecule has 0 saturated heterocycles. The zero-order chi connectivity index (χ0) is 16.7. The Hall–Kier alpha value is -2.41. The van der Waals surface area contributed by atoms with E-state index in [1.807, 2.05) is 6.07 Å². The zero-order valence-electron chi connectivity index (χ0n) is 12.4. The summed E-state index contributed by atoms with van der Waals surface area (Å²) in [6, 6.07) is 6.70. The van der Waals surface area contributed by atoms with Gasteiger partial charge in [-0.15, -0.1) is 0 Å². The number of hydrogen-bond acceptors (Lipinski definition) is 4. The summed E-state index contributed by atoms with van der Waals surface area (Å²) in [4.78, 5) is 34.6. The molecule has 7 nitrogen and oxygen atoms in total. The lowest BCUT2D eigenvalue weighted by Crippen LogP contribution is -2.53. The number of aliphatic hydroxyl groups excluding tert-OH is 1. The number of aliphatic hydroxyl groups is 1. The molecule has 4 N–H and O–H groups in total. The molecule has 3 atom stereocenters. The van der Waals surface area contributed by atoms with Crippen LogP contribution in [0.5, 0.6) is 0 Å². The Balaban J connectivity index is 2.53. The maximum Gasteiger partial charge on any atom is 0.328 e. The third kappa shape index (κ3) is 5.53. The lowest BCUT2D eigenvalue weighted by molar-refractivity contribution is -0.145. The molecule has 120 valence electrons. The lowest BCUT2D eigenvalue weighted by atomic mass is 10.1. The first-order valence-corrected chi connectivity index (χ1v) is 6.85. The van der Waals surface area contributed by atoms with Crippen LogP contribution in [-0.2, 0) is 20.8 Å². The summed E-state index contributed by atoms with van der Waals surface area (Å²) in [5.41, 5.74) is 0.806. The molecule has 1 aromatic rings. The second-order valence-electron chi connectivity index (χ2n) is 5.02. The quantitative estimate of drug-likeness (QED) is 0.551. The summed E-state index contributed by atoms with van der Waals surface area (Å²) in [5, 5.41) is 22.9. The van der Waals surface area contributed by atoms with Gasteiger partial charge >= 0.3 is 5.97 Å². The molecule has 0 fully saturated rings. The summed E-state index contributed by atoms with van der Waals surface area (Å²) in [6.45, 7) is 2.71. The minimum absolute atomic E-state index is 0.122. The number of nitrogens with one attached hydrogen (secondary N) is 2. The monoisotopic (exact) mass is 308 g/mol. The van der Waals surface area contributed by atoms with Crippen molar-refractivity contribution in [2.45, 2.75) is 38.5 Å². The Bertz CT molecular complexity index is 530. The first-order valence-electron chi connectivity index (χ1n) is 6.85. The predicted octanol–water partition coefficient (Wildman–Crippen LogP) is -0.316. The van der Waals surface area contributed by atoms with Crippen molar-refractivity contribution in [2.24, 2.45) is 0 Å². The van der Waals surface area contributed by atoms with Crippen molar-refractivity contribution >= 4 is 17.8 Å². The van der Waals surface area contributed by atoms with Gasteiger partial charge in [0.2, 0.25) is 11.8 Å². The van der Waals surface area contributed by atoms with Crippen LogP contribution in [0.25, 0.3) is 0 Å². The molecule has 0 radical (unpaired) electrons. The van der Waals surface area contributed by atoms with Crippen LogP contribution in [0.15, 0.2) is 30.3 Å². The highest BCUT2D eigenvalue weighted by molar-refractivity contribution is 5.90. The number of aliphatic carboxylic acids is 1. The van der Waals surface area contributed by atoms with Crippen molar-refractivity contribution in [3.05, 3.63) is 35.9 Å². The minimum atomic E-state index is -1.42. The van der Waals surface area contributed by atoms with E-state index in [1.165, 1.54) is 13.8 Å². The van der Waals surface area contributed by atoms with Crippen LogP contribution in [0.1, 0.15) is 19.4 Å². The Morgan fingerprint density at radius 3 is 2.18 bits per heavy atom. The van der Waals surface area contributed by atoms with Crippen LogP contribution in [0.3, 0.4) is 0 Å². The summed E-state index contributed by atoms with van der Waals surface area (Å²) in [7, 11) is 0. The molecule has 1 rings (SSSR count). The third-order valence-corrected chi connectivity index (χ3v) is 3.02. The maximum atomic E-state index is 11.8. The van der Waals surface area contributed by atoms with Crippen molar-refractivity contribution in [3.8, 4) is 0 Å². The first-order chi connectivity index (χ1) is 10.3. The SMILES string of the molecule is C[C@H](NC(=O)Cc1ccccc1)C(=O)N[C@H](C(=O)O)[C@@H](C)O. The highest BCUT2D eigenvalue weighted by Crippen LogP contribution is 2.00. The summed E-state index contributed by atoms with van der Waals surface area (Å²) < 4.78 is 0. The standard InChI is InChI=1S/C15H20N2O5/c1-9(14(20)17-13(10(2)18)15(21)22)16-12(19)8-11-6-4-3-5-7-11/h3-7,9-10,13,18H,8H2,1-2H3,(H,16,19)(H,17,20)(H,21,22)/t9-,10+,13-/m0/s1. The van der Waals surface area contributed by atoms with E-state index in [0.717, 1.165) is 5.56 Å². The van der Waals surface area contributed by atoms with E-state index in [0.29, 0.717) is 0 Å². The Kier molecular flexibility index (Phi) is 6.52. The van der Waals surface area contributed by atoms with Crippen molar-refractivity contribution < 1.29 is 24.6 Å². The maximum absolute atomic E-state index is 11.8. The molecular weight excluding hydrogens is 288 g/mol. The molecule has 0 spiro atoms. The number of benzene rings is 1. The second kappa shape index (κ2) is 8.14. The molecule has 0 heterocycles. The highest BCUT2D eigenvalue weighted by Gasteiger charge is 2.27. The fourth-order valence-electron chi connectivity index (χ4n) is 1.81. The average Bonchev–Trinajstić information content (AvgIpc) is 2.44. The number of amides is 2. The lowest BCUT2D eigenvalue weighted by Gasteiger charge is -2.20. The molecular formula is C15H20N2O5. The van der Waals surface area contributed by atoms with E-state index < -0.39 is 30.1 Å². The van der Waals surface area contributed by atoms with E-state index in [9.17, 15) is 19.5 Å². The van der Waals surface area contributed by atoms with Gasteiger partial charge in [-0.05, 0) is 19.4 Å². The largest absolute Gasteiger partial charge is 0.480 e. The van der Waals surface area contributed by atoms with E-state index >= 15 is 0 Å². The molecule has 0 saturated carbocycles. The molecule has 0 aliphatic rings. The van der Waals surface area contributed by atoms with Gasteiger partial charge in [-0.3, -0.25) is 9.59 Å². The highest BCUT2D eigenvalue weighted by atomic mass is 16.4. The Labute approximate surface area is 128 Å². The zero-order valence-corrected chi connectivity index (χ0v) is 12.4. The number of rotatable bonds is 7. The fraction of sp³-hybridized carbons (Fsp3) is 0.400. The molecule has 7 heteroatoms. The Morgan fingerprint density at radius 1 is 1.09 bits per heavy atom. The van der Waals surface area contributed by atoms with Crippen LogP contribution in [-0.4, -0.2) is 46.2 Å². The van der Waals surface area contributed by atoms with Crippen LogP contribution in [0.4, 0.5) is 0 Å². The number of carbonyl (C=O) groups is 3. The van der Waals surface area contributed by atoms with Gasteiger partial charge in [-0.25, -0.2) is 4.79 Å². The van der Waals surface area contributed by atoms with Crippen LogP contribution < -0.4 is 10.6 Å². The predicted molar refractivity (Wildman–Crippen MR) is 79.0 cm³/mol. The third-order valence-electron chi connectivity index (χ3n) is 3.02. The van der Waals surface area contributed by atoms with Crippen molar-refractivity contribution in [3.63, 3.8) is 0 Å². The number of carboxylic acids is 1. The molecule has 0 unspecified atom stereocenters. The van der Waals surface area contributed by atoms with Crippen LogP contribution >= 0.6 is 0 Å². The summed E-state index contributed by atoms with van der Waals surface area (Å²) >= 11 is 0. The molecule has 1 aromatic carbocycles. The normalized spacial score (nSPS) is 14.5. The minimum Gasteiger partial charge on any atom is -0.480 e. The number of hydrogen-bond donors (Lipinski definition) is 4. The van der Waals surface area contributed by atoms with Gasteiger partial charge in [0.1, 0.15) is 6.04 Å². The van der Waals surface area contributed by atoms with Gasteiger partial charge in [0.25, 0.3) is 0 Å². The van der Waals surface area contributed by atoms with Gasteiger partial charge < -0.3 is 20.8 Å². The first kappa shape index (κ1) is 17.6. The molecule has 22 heavy (non-hydrogen) atoms. The van der Waals surface area contributed by atoms with E-state index in [-0.39, 0.29) is 12.3 Å². The second-order valence-corrected chi connectivity index (χ2v) is 5.02. The van der Waals surface area contributed by atoms with Crippen LogP contribution in [0.2, 0.25) is 0 Å². The van der Waals surface area contributed by atoms with Crippen molar-refractivity contribution in [2.75, 3.05) is 0 Å². The number of carbonyl (C=O) groups excluding carboxylic acids is 2. The van der Waals surface area contributed by atoms with Gasteiger partial charge in [0.15, 0.2) is 6.04 Å². The topological polar surface area (TPSA) is 116 Å². The van der Waals surface area contributed by atoms with Crippen LogP contribution in [0, 0.1) is 0 Å².